The summed E-state index contributed by atoms with van der Waals surface area (Å²) in [5.41, 5.74) is 3.89. The molecule has 0 fully saturated rings. The molecule has 1 amide bonds. The van der Waals surface area contributed by atoms with Gasteiger partial charge in [-0.3, -0.25) is 4.79 Å². The fraction of sp³-hybridized carbons (Fsp3) is 0.444. The van der Waals surface area contributed by atoms with Gasteiger partial charge in [-0.15, -0.1) is 0 Å². The molecule has 0 heterocycles. The fourth-order valence-corrected chi connectivity index (χ4v) is 2.40. The number of benzene rings is 1. The van der Waals surface area contributed by atoms with Gasteiger partial charge in [0.05, 0.1) is 0 Å². The number of rotatable bonds is 8. The number of unbranched alkanes of at least 4 members (excludes halogenated alkanes) is 2. The summed E-state index contributed by atoms with van der Waals surface area (Å²) in [6.07, 6.45) is 4.01. The second-order valence-electron chi connectivity index (χ2n) is 5.64. The molecule has 5 nitrogen and oxygen atoms in total. The molecule has 0 aliphatic carbocycles. The minimum absolute atomic E-state index is 0.0477. The summed E-state index contributed by atoms with van der Waals surface area (Å²) in [5.74, 6) is -0.412. The van der Waals surface area contributed by atoms with Gasteiger partial charge in [0.1, 0.15) is 11.6 Å². The Kier molecular flexibility index (Phi) is 7.86. The van der Waals surface area contributed by atoms with Crippen molar-refractivity contribution in [3.63, 3.8) is 0 Å². The van der Waals surface area contributed by atoms with Crippen molar-refractivity contribution in [1.82, 2.24) is 5.32 Å². The van der Waals surface area contributed by atoms with Crippen molar-refractivity contribution in [3.05, 3.63) is 40.6 Å². The Balaban J connectivity index is 2.66. The monoisotopic (exact) mass is 315 g/mol. The van der Waals surface area contributed by atoms with Crippen molar-refractivity contribution in [2.24, 2.45) is 0 Å². The van der Waals surface area contributed by atoms with Gasteiger partial charge >= 0.3 is 0 Å². The molecule has 0 aromatic heterocycles. The predicted molar refractivity (Wildman–Crippen MR) is 91.9 cm³/mol. The molecule has 0 unspecified atom stereocenters. The van der Waals surface area contributed by atoms with E-state index in [1.807, 2.05) is 39.0 Å². The number of nitrogens with one attached hydrogen (secondary N) is 2. The van der Waals surface area contributed by atoms with Crippen LogP contribution in [0.2, 0.25) is 0 Å². The Morgan fingerprint density at radius 3 is 2.43 bits per heavy atom. The summed E-state index contributed by atoms with van der Waals surface area (Å²) in [5, 5.41) is 23.6. The van der Waals surface area contributed by atoms with E-state index in [1.54, 1.807) is 0 Å². The van der Waals surface area contributed by atoms with E-state index >= 15 is 0 Å². The average Bonchev–Trinajstić information content (AvgIpc) is 2.50. The zero-order chi connectivity index (χ0) is 17.2. The zero-order valence-corrected chi connectivity index (χ0v) is 14.1. The Morgan fingerprint density at radius 1 is 1.22 bits per heavy atom. The third-order valence-electron chi connectivity index (χ3n) is 3.51. The standard InChI is InChI=1S/C18H25N3O2/c1-13-9-14(2)17(15(3)10-13)21-18(23)16(11-19)12-20-7-5-4-6-8-22/h9-10,12,20,22H,4-8H2,1-3H3,(H,21,23)/b16-12-. The number of carbonyl (C=O) groups is 1. The van der Waals surface area contributed by atoms with Crippen LogP contribution in [-0.4, -0.2) is 24.2 Å². The van der Waals surface area contributed by atoms with Crippen LogP contribution in [0, 0.1) is 32.1 Å². The van der Waals surface area contributed by atoms with Gasteiger partial charge < -0.3 is 15.7 Å². The summed E-state index contributed by atoms with van der Waals surface area (Å²) in [6, 6.07) is 5.92. The molecule has 0 aliphatic heterocycles. The third-order valence-corrected chi connectivity index (χ3v) is 3.51. The number of aryl methyl sites for hydroxylation is 3. The third kappa shape index (κ3) is 6.13. The highest BCUT2D eigenvalue weighted by atomic mass is 16.2. The summed E-state index contributed by atoms with van der Waals surface area (Å²) in [6.45, 7) is 6.74. The van der Waals surface area contributed by atoms with Gasteiger partial charge in [0, 0.05) is 25.0 Å². The van der Waals surface area contributed by atoms with Crippen molar-refractivity contribution in [3.8, 4) is 6.07 Å². The summed E-state index contributed by atoms with van der Waals surface area (Å²) < 4.78 is 0. The van der Waals surface area contributed by atoms with Crippen LogP contribution in [-0.2, 0) is 4.79 Å². The molecular weight excluding hydrogens is 290 g/mol. The highest BCUT2D eigenvalue weighted by Crippen LogP contribution is 2.22. The number of aliphatic hydroxyl groups excluding tert-OH is 1. The number of amides is 1. The SMILES string of the molecule is Cc1cc(C)c(NC(=O)/C(C#N)=C\NCCCCCO)c(C)c1. The Morgan fingerprint density at radius 2 is 1.87 bits per heavy atom. The molecule has 0 aliphatic rings. The van der Waals surface area contributed by atoms with E-state index in [0.717, 1.165) is 41.6 Å². The van der Waals surface area contributed by atoms with E-state index < -0.39 is 5.91 Å². The van der Waals surface area contributed by atoms with Crippen molar-refractivity contribution in [2.75, 3.05) is 18.5 Å². The van der Waals surface area contributed by atoms with E-state index in [4.69, 9.17) is 10.4 Å². The number of carbonyl (C=O) groups excluding carboxylic acids is 1. The molecule has 0 radical (unpaired) electrons. The van der Waals surface area contributed by atoms with Crippen molar-refractivity contribution in [1.29, 1.82) is 5.26 Å². The summed E-state index contributed by atoms with van der Waals surface area (Å²) >= 11 is 0. The fourth-order valence-electron chi connectivity index (χ4n) is 2.40. The van der Waals surface area contributed by atoms with Gasteiger partial charge in [-0.2, -0.15) is 5.26 Å². The van der Waals surface area contributed by atoms with E-state index in [1.165, 1.54) is 6.20 Å². The number of nitriles is 1. The molecule has 0 bridgehead atoms. The largest absolute Gasteiger partial charge is 0.396 e. The van der Waals surface area contributed by atoms with Crippen LogP contribution in [0.15, 0.2) is 23.9 Å². The predicted octanol–water partition coefficient (Wildman–Crippen LogP) is 2.71. The molecule has 0 saturated carbocycles. The van der Waals surface area contributed by atoms with Crippen molar-refractivity contribution < 1.29 is 9.90 Å². The minimum Gasteiger partial charge on any atom is -0.396 e. The van der Waals surface area contributed by atoms with Crippen LogP contribution in [0.5, 0.6) is 0 Å². The van der Waals surface area contributed by atoms with Gasteiger partial charge in [-0.05, 0) is 51.2 Å². The molecule has 124 valence electrons. The summed E-state index contributed by atoms with van der Waals surface area (Å²) in [4.78, 5) is 12.2. The normalized spacial score (nSPS) is 11.0. The Labute approximate surface area is 138 Å². The zero-order valence-electron chi connectivity index (χ0n) is 14.1. The van der Waals surface area contributed by atoms with E-state index in [-0.39, 0.29) is 12.2 Å². The first-order chi connectivity index (χ1) is 11.0. The number of nitrogens with zero attached hydrogens (tertiary/aromatic N) is 1. The van der Waals surface area contributed by atoms with Gasteiger partial charge in [-0.1, -0.05) is 17.7 Å². The highest BCUT2D eigenvalue weighted by Gasteiger charge is 2.12. The number of aliphatic hydroxyl groups is 1. The quantitative estimate of drug-likeness (QED) is 0.391. The molecule has 0 saturated heterocycles. The molecule has 23 heavy (non-hydrogen) atoms. The lowest BCUT2D eigenvalue weighted by molar-refractivity contribution is -0.112. The van der Waals surface area contributed by atoms with Crippen LogP contribution in [0.25, 0.3) is 0 Å². The summed E-state index contributed by atoms with van der Waals surface area (Å²) in [7, 11) is 0. The van der Waals surface area contributed by atoms with Gasteiger partial charge in [-0.25, -0.2) is 0 Å². The smallest absolute Gasteiger partial charge is 0.267 e. The van der Waals surface area contributed by atoms with Gasteiger partial charge in [0.15, 0.2) is 0 Å². The Hall–Kier alpha value is -2.32. The maximum absolute atomic E-state index is 12.2. The van der Waals surface area contributed by atoms with E-state index in [2.05, 4.69) is 10.6 Å². The molecule has 3 N–H and O–H groups in total. The molecule has 0 atom stereocenters. The van der Waals surface area contributed by atoms with Crippen LogP contribution in [0.1, 0.15) is 36.0 Å². The van der Waals surface area contributed by atoms with Crippen LogP contribution < -0.4 is 10.6 Å². The molecule has 1 aromatic rings. The number of hydrogen-bond acceptors (Lipinski definition) is 4. The molecule has 5 heteroatoms. The maximum Gasteiger partial charge on any atom is 0.267 e. The molecule has 1 rings (SSSR count). The van der Waals surface area contributed by atoms with Gasteiger partial charge in [0.25, 0.3) is 5.91 Å². The second-order valence-corrected chi connectivity index (χ2v) is 5.64. The lowest BCUT2D eigenvalue weighted by atomic mass is 10.0. The first kappa shape index (κ1) is 18.7. The van der Waals surface area contributed by atoms with Crippen molar-refractivity contribution in [2.45, 2.75) is 40.0 Å². The number of anilines is 1. The second kappa shape index (κ2) is 9.65. The van der Waals surface area contributed by atoms with Crippen LogP contribution >= 0.6 is 0 Å². The van der Waals surface area contributed by atoms with Crippen molar-refractivity contribution >= 4 is 11.6 Å². The lowest BCUT2D eigenvalue weighted by Crippen LogP contribution is -2.18. The molecule has 0 spiro atoms. The molecular formula is C18H25N3O2. The highest BCUT2D eigenvalue weighted by molar-refractivity contribution is 6.07. The van der Waals surface area contributed by atoms with E-state index in [9.17, 15) is 4.79 Å². The average molecular weight is 315 g/mol. The van der Waals surface area contributed by atoms with Crippen LogP contribution in [0.4, 0.5) is 5.69 Å². The maximum atomic E-state index is 12.2. The van der Waals surface area contributed by atoms with E-state index in [0.29, 0.717) is 6.54 Å². The number of hydrogen-bond donors (Lipinski definition) is 3. The lowest BCUT2D eigenvalue weighted by Gasteiger charge is -2.12. The van der Waals surface area contributed by atoms with Crippen LogP contribution in [0.3, 0.4) is 0 Å². The minimum atomic E-state index is -0.412. The first-order valence-corrected chi connectivity index (χ1v) is 7.83. The Bertz CT molecular complexity index is 592. The molecule has 1 aromatic carbocycles. The topological polar surface area (TPSA) is 85.2 Å². The first-order valence-electron chi connectivity index (χ1n) is 7.83. The van der Waals surface area contributed by atoms with Gasteiger partial charge in [0.2, 0.25) is 0 Å².